The smallest absolute Gasteiger partial charge is 0.337 e. The summed E-state index contributed by atoms with van der Waals surface area (Å²) in [5, 5.41) is 21.8. The Morgan fingerprint density at radius 1 is 1.10 bits per heavy atom. The highest BCUT2D eigenvalue weighted by Gasteiger charge is 2.44. The van der Waals surface area contributed by atoms with Gasteiger partial charge in [-0.05, 0) is 55.5 Å². The predicted octanol–water partition coefficient (Wildman–Crippen LogP) is 5.20. The first-order valence-electron chi connectivity index (χ1n) is 10.2. The topological polar surface area (TPSA) is 69.6 Å². The van der Waals surface area contributed by atoms with Gasteiger partial charge in [0.1, 0.15) is 0 Å². The first-order chi connectivity index (χ1) is 13.8. The van der Waals surface area contributed by atoms with Gasteiger partial charge in [-0.15, -0.1) is 0 Å². The van der Waals surface area contributed by atoms with Crippen LogP contribution in [0.1, 0.15) is 56.8 Å². The fourth-order valence-electron chi connectivity index (χ4n) is 4.05. The van der Waals surface area contributed by atoms with Crippen LogP contribution >= 0.6 is 11.6 Å². The largest absolute Gasteiger partial charge is 0.479 e. The van der Waals surface area contributed by atoms with E-state index in [0.717, 1.165) is 10.9 Å². The molecule has 3 rings (SSSR count). The zero-order chi connectivity index (χ0) is 21.4. The number of hydrogen-bond acceptors (Lipinski definition) is 3. The van der Waals surface area contributed by atoms with Crippen LogP contribution in [-0.4, -0.2) is 29.3 Å². The van der Waals surface area contributed by atoms with Gasteiger partial charge < -0.3 is 15.5 Å². The van der Waals surface area contributed by atoms with Crippen molar-refractivity contribution in [3.8, 4) is 0 Å². The molecule has 2 atom stereocenters. The Morgan fingerprint density at radius 2 is 1.69 bits per heavy atom. The van der Waals surface area contributed by atoms with Crippen LogP contribution < -0.4 is 5.32 Å². The lowest BCUT2D eigenvalue weighted by Crippen LogP contribution is -2.52. The summed E-state index contributed by atoms with van der Waals surface area (Å²) < 4.78 is 0. The average molecular weight is 418 g/mol. The lowest BCUT2D eigenvalue weighted by atomic mass is 9.59. The number of nitrogens with one attached hydrogen (secondary N) is 1. The molecule has 1 unspecified atom stereocenters. The first kappa shape index (κ1) is 23.4. The summed E-state index contributed by atoms with van der Waals surface area (Å²) in [6, 6.07) is 17.3. The van der Waals surface area contributed by atoms with Crippen molar-refractivity contribution in [1.82, 2.24) is 5.32 Å². The predicted molar refractivity (Wildman–Crippen MR) is 118 cm³/mol. The molecule has 2 aromatic rings. The summed E-state index contributed by atoms with van der Waals surface area (Å²) >= 11 is 6.01. The van der Waals surface area contributed by atoms with Gasteiger partial charge in [-0.3, -0.25) is 0 Å². The van der Waals surface area contributed by atoms with E-state index < -0.39 is 12.1 Å². The normalized spacial score (nSPS) is 16.9. The fraction of sp³-hybridized carbons (Fsp3) is 0.458. The van der Waals surface area contributed by atoms with Gasteiger partial charge in [0.05, 0.1) is 0 Å². The van der Waals surface area contributed by atoms with Crippen molar-refractivity contribution in [2.45, 2.75) is 57.1 Å². The van der Waals surface area contributed by atoms with E-state index in [1.54, 1.807) is 30.3 Å². The Kier molecular flexibility index (Phi) is 8.69. The molecule has 0 saturated heterocycles. The number of carboxylic acids is 1. The van der Waals surface area contributed by atoms with E-state index in [-0.39, 0.29) is 0 Å². The van der Waals surface area contributed by atoms with Crippen LogP contribution in [0.5, 0.6) is 0 Å². The highest BCUT2D eigenvalue weighted by Crippen LogP contribution is 2.48. The van der Waals surface area contributed by atoms with Gasteiger partial charge in [-0.25, -0.2) is 4.79 Å². The van der Waals surface area contributed by atoms with Crippen LogP contribution in [0.4, 0.5) is 0 Å². The molecule has 2 aromatic carbocycles. The second kappa shape index (κ2) is 10.8. The van der Waals surface area contributed by atoms with Crippen molar-refractivity contribution in [2.24, 2.45) is 5.92 Å². The maximum absolute atomic E-state index is 10.2. The van der Waals surface area contributed by atoms with Crippen molar-refractivity contribution < 1.29 is 15.0 Å². The molecule has 0 amide bonds. The van der Waals surface area contributed by atoms with E-state index >= 15 is 0 Å². The lowest BCUT2D eigenvalue weighted by molar-refractivity contribution is -0.146. The third-order valence-corrected chi connectivity index (χ3v) is 5.99. The highest BCUT2D eigenvalue weighted by molar-refractivity contribution is 6.30. The molecule has 5 heteroatoms. The van der Waals surface area contributed by atoms with Crippen LogP contribution in [0.15, 0.2) is 54.6 Å². The molecule has 3 N–H and O–H groups in total. The molecule has 29 heavy (non-hydrogen) atoms. The van der Waals surface area contributed by atoms with Crippen molar-refractivity contribution in [1.29, 1.82) is 0 Å². The quantitative estimate of drug-likeness (QED) is 0.579. The van der Waals surface area contributed by atoms with Crippen LogP contribution in [0, 0.1) is 5.92 Å². The van der Waals surface area contributed by atoms with Gasteiger partial charge in [-0.2, -0.15) is 0 Å². The monoisotopic (exact) mass is 417 g/mol. The Bertz CT molecular complexity index is 757. The minimum Gasteiger partial charge on any atom is -0.479 e. The molecule has 1 fully saturated rings. The van der Waals surface area contributed by atoms with Crippen LogP contribution in [-0.2, 0) is 10.2 Å². The Morgan fingerprint density at radius 3 is 2.10 bits per heavy atom. The van der Waals surface area contributed by atoms with E-state index in [9.17, 15) is 4.79 Å². The van der Waals surface area contributed by atoms with Crippen molar-refractivity contribution in [3.05, 3.63) is 70.7 Å². The van der Waals surface area contributed by atoms with Gasteiger partial charge >= 0.3 is 5.97 Å². The molecule has 1 aliphatic carbocycles. The van der Waals surface area contributed by atoms with Gasteiger partial charge in [-0.1, -0.05) is 74.3 Å². The van der Waals surface area contributed by atoms with Gasteiger partial charge in [0.25, 0.3) is 0 Å². The maximum Gasteiger partial charge on any atom is 0.337 e. The zero-order valence-corrected chi connectivity index (χ0v) is 18.2. The highest BCUT2D eigenvalue weighted by atomic mass is 35.5. The molecule has 0 spiro atoms. The lowest BCUT2D eigenvalue weighted by Gasteiger charge is -2.49. The summed E-state index contributed by atoms with van der Waals surface area (Å²) in [4.78, 5) is 10.2. The Balaban J connectivity index is 0.000000234. The number of rotatable bonds is 7. The second-order valence-electron chi connectivity index (χ2n) is 8.14. The number of likely N-dealkylation sites (N-methyl/N-ethyl adjacent to an activating group) is 1. The van der Waals surface area contributed by atoms with E-state index in [1.807, 2.05) is 12.1 Å². The first-order valence-corrected chi connectivity index (χ1v) is 10.6. The summed E-state index contributed by atoms with van der Waals surface area (Å²) in [5.41, 5.74) is 2.20. The van der Waals surface area contributed by atoms with Gasteiger partial charge in [0.15, 0.2) is 6.10 Å². The second-order valence-corrected chi connectivity index (χ2v) is 8.58. The van der Waals surface area contributed by atoms with E-state index in [4.69, 9.17) is 21.8 Å². The van der Waals surface area contributed by atoms with Gasteiger partial charge in [0.2, 0.25) is 0 Å². The molecular formula is C24H32ClNO3. The van der Waals surface area contributed by atoms with E-state index in [2.05, 4.69) is 38.3 Å². The number of aliphatic hydroxyl groups excluding tert-OH is 1. The molecule has 0 aromatic heterocycles. The average Bonchev–Trinajstić information content (AvgIpc) is 2.68. The summed E-state index contributed by atoms with van der Waals surface area (Å²) in [6.07, 6.45) is 3.77. The SMILES string of the molecule is CN[C@H](CC(C)C)C1(c2ccc(Cl)cc2)CCC1.O=C(O)C(O)c1ccccc1. The summed E-state index contributed by atoms with van der Waals surface area (Å²) in [6.45, 7) is 4.61. The number of aliphatic hydroxyl groups is 1. The number of aliphatic carboxylic acids is 1. The fourth-order valence-corrected chi connectivity index (χ4v) is 4.17. The Hall–Kier alpha value is -1.88. The Labute approximate surface area is 178 Å². The minimum atomic E-state index is -1.41. The molecule has 0 heterocycles. The standard InChI is InChI=1S/C16H24ClN.C8H8O3/c1-12(2)11-15(18-3)16(9-4-10-16)13-5-7-14(17)8-6-13;9-7(8(10)11)6-4-2-1-3-5-6/h5-8,12,15,18H,4,9-11H2,1-3H3;1-5,7,9H,(H,10,11)/t15-;/m1./s1. The van der Waals surface area contributed by atoms with Crippen LogP contribution in [0.2, 0.25) is 5.02 Å². The number of carboxylic acid groups (broad SMARTS) is 1. The molecular weight excluding hydrogens is 386 g/mol. The molecule has 1 saturated carbocycles. The van der Waals surface area contributed by atoms with E-state index in [0.29, 0.717) is 17.0 Å². The van der Waals surface area contributed by atoms with Crippen molar-refractivity contribution in [3.63, 3.8) is 0 Å². The van der Waals surface area contributed by atoms with E-state index in [1.165, 1.54) is 31.2 Å². The third-order valence-electron chi connectivity index (χ3n) is 5.74. The number of halogens is 1. The number of carbonyl (C=O) groups is 1. The van der Waals surface area contributed by atoms with Crippen molar-refractivity contribution >= 4 is 17.6 Å². The molecule has 0 aliphatic heterocycles. The summed E-state index contributed by atoms with van der Waals surface area (Å²) in [5.74, 6) is -0.497. The zero-order valence-electron chi connectivity index (χ0n) is 17.4. The summed E-state index contributed by atoms with van der Waals surface area (Å²) in [7, 11) is 2.10. The third kappa shape index (κ3) is 6.05. The number of benzene rings is 2. The molecule has 158 valence electrons. The molecule has 0 bridgehead atoms. The number of hydrogen-bond donors (Lipinski definition) is 3. The maximum atomic E-state index is 10.2. The molecule has 4 nitrogen and oxygen atoms in total. The van der Waals surface area contributed by atoms with Crippen molar-refractivity contribution in [2.75, 3.05) is 7.05 Å². The van der Waals surface area contributed by atoms with Crippen LogP contribution in [0.3, 0.4) is 0 Å². The molecule has 0 radical (unpaired) electrons. The minimum absolute atomic E-state index is 0.337. The van der Waals surface area contributed by atoms with Crippen LogP contribution in [0.25, 0.3) is 0 Å². The molecule has 1 aliphatic rings. The van der Waals surface area contributed by atoms with Gasteiger partial charge in [0, 0.05) is 16.5 Å².